The molecule has 4 heteroatoms. The van der Waals surface area contributed by atoms with Gasteiger partial charge in [-0.05, 0) is 19.1 Å². The molecule has 0 saturated heterocycles. The summed E-state index contributed by atoms with van der Waals surface area (Å²) in [4.78, 5) is 4.14. The number of pyridine rings is 1. The maximum absolute atomic E-state index is 5.57. The second kappa shape index (κ2) is 2.51. The first kappa shape index (κ1) is 7.44. The predicted octanol–water partition coefficient (Wildman–Crippen LogP) is 2.08. The Balaban J connectivity index is 2.63. The first-order chi connectivity index (χ1) is 6.86. The zero-order valence-electron chi connectivity index (χ0n) is 7.56. The van der Waals surface area contributed by atoms with Crippen LogP contribution in [0.25, 0.3) is 22.1 Å². The zero-order valence-corrected chi connectivity index (χ0v) is 7.56. The third-order valence-corrected chi connectivity index (χ3v) is 2.23. The van der Waals surface area contributed by atoms with Gasteiger partial charge in [0.15, 0.2) is 5.58 Å². The van der Waals surface area contributed by atoms with Gasteiger partial charge in [0.05, 0.1) is 11.6 Å². The first-order valence-corrected chi connectivity index (χ1v) is 4.32. The molecule has 3 aromatic rings. The van der Waals surface area contributed by atoms with Gasteiger partial charge in [0.25, 0.3) is 0 Å². The summed E-state index contributed by atoms with van der Waals surface area (Å²) in [5, 5.41) is 9.79. The highest BCUT2D eigenvalue weighted by atomic mass is 16.3. The van der Waals surface area contributed by atoms with Crippen LogP contribution in [0.2, 0.25) is 0 Å². The number of hydrogen-bond donors (Lipinski definition) is 0. The van der Waals surface area contributed by atoms with Crippen molar-refractivity contribution in [2.45, 2.75) is 6.92 Å². The molecule has 3 aromatic heterocycles. The molecule has 0 unspecified atom stereocenters. The second-order valence-electron chi connectivity index (χ2n) is 3.13. The fourth-order valence-corrected chi connectivity index (χ4v) is 1.57. The van der Waals surface area contributed by atoms with Crippen LogP contribution in [0.5, 0.6) is 0 Å². The normalized spacial score (nSPS) is 11.2. The number of furan rings is 1. The summed E-state index contributed by atoms with van der Waals surface area (Å²) < 4.78 is 5.57. The van der Waals surface area contributed by atoms with Crippen molar-refractivity contribution in [1.29, 1.82) is 0 Å². The van der Waals surface area contributed by atoms with Crippen LogP contribution in [0.1, 0.15) is 5.69 Å². The van der Waals surface area contributed by atoms with Crippen molar-refractivity contribution in [2.24, 2.45) is 0 Å². The van der Waals surface area contributed by atoms with E-state index in [-0.39, 0.29) is 0 Å². The van der Waals surface area contributed by atoms with E-state index in [1.807, 2.05) is 19.1 Å². The van der Waals surface area contributed by atoms with Gasteiger partial charge in [-0.15, -0.1) is 0 Å². The van der Waals surface area contributed by atoms with Gasteiger partial charge < -0.3 is 4.42 Å². The van der Waals surface area contributed by atoms with E-state index in [2.05, 4.69) is 15.2 Å². The Morgan fingerprint density at radius 2 is 2.21 bits per heavy atom. The quantitative estimate of drug-likeness (QED) is 0.538. The Morgan fingerprint density at radius 1 is 1.29 bits per heavy atom. The molecule has 0 bridgehead atoms. The fourth-order valence-electron chi connectivity index (χ4n) is 1.57. The van der Waals surface area contributed by atoms with Crippen molar-refractivity contribution in [3.63, 3.8) is 0 Å². The number of aromatic nitrogens is 3. The number of fused-ring (bicyclic) bond motifs is 3. The van der Waals surface area contributed by atoms with E-state index in [1.165, 1.54) is 0 Å². The minimum Gasteiger partial charge on any atom is -0.436 e. The Morgan fingerprint density at radius 3 is 3.14 bits per heavy atom. The fraction of sp³-hybridized carbons (Fsp3) is 0.100. The molecule has 0 aliphatic carbocycles. The maximum Gasteiger partial charge on any atom is 0.227 e. The number of aryl methyl sites for hydroxylation is 1. The topological polar surface area (TPSA) is 51.8 Å². The summed E-state index contributed by atoms with van der Waals surface area (Å²) in [5.74, 6) is 0. The average Bonchev–Trinajstić information content (AvgIpc) is 2.59. The SMILES string of the molecule is Cc1nncc2c1oc1ncccc12. The molecule has 0 fully saturated rings. The van der Waals surface area contributed by atoms with Crippen molar-refractivity contribution in [3.05, 3.63) is 30.2 Å². The molecule has 4 nitrogen and oxygen atoms in total. The summed E-state index contributed by atoms with van der Waals surface area (Å²) in [7, 11) is 0. The van der Waals surface area contributed by atoms with Crippen LogP contribution in [0.15, 0.2) is 28.9 Å². The van der Waals surface area contributed by atoms with E-state index >= 15 is 0 Å². The molecule has 0 spiro atoms. The highest BCUT2D eigenvalue weighted by molar-refractivity contribution is 6.03. The maximum atomic E-state index is 5.57. The summed E-state index contributed by atoms with van der Waals surface area (Å²) >= 11 is 0. The largest absolute Gasteiger partial charge is 0.436 e. The number of rotatable bonds is 0. The van der Waals surface area contributed by atoms with Gasteiger partial charge in [0, 0.05) is 11.6 Å². The lowest BCUT2D eigenvalue weighted by atomic mass is 10.2. The number of nitrogens with zero attached hydrogens (tertiary/aromatic N) is 3. The van der Waals surface area contributed by atoms with Gasteiger partial charge >= 0.3 is 0 Å². The third kappa shape index (κ3) is 0.849. The first-order valence-electron chi connectivity index (χ1n) is 4.32. The van der Waals surface area contributed by atoms with Crippen LogP contribution in [0, 0.1) is 6.92 Å². The number of hydrogen-bond acceptors (Lipinski definition) is 4. The lowest BCUT2D eigenvalue weighted by Crippen LogP contribution is -1.83. The van der Waals surface area contributed by atoms with Crippen LogP contribution in [0.3, 0.4) is 0 Å². The molecule has 0 aromatic carbocycles. The molecule has 0 aliphatic rings. The van der Waals surface area contributed by atoms with E-state index in [0.29, 0.717) is 5.71 Å². The molecular weight excluding hydrogens is 178 g/mol. The smallest absolute Gasteiger partial charge is 0.227 e. The summed E-state index contributed by atoms with van der Waals surface area (Å²) in [6.45, 7) is 1.87. The van der Waals surface area contributed by atoms with Crippen molar-refractivity contribution >= 4 is 22.1 Å². The van der Waals surface area contributed by atoms with Crippen molar-refractivity contribution in [3.8, 4) is 0 Å². The van der Waals surface area contributed by atoms with Crippen LogP contribution in [-0.2, 0) is 0 Å². The van der Waals surface area contributed by atoms with Crippen molar-refractivity contribution in [2.75, 3.05) is 0 Å². The summed E-state index contributed by atoms with van der Waals surface area (Å²) in [5.41, 5.74) is 2.20. The minimum atomic E-state index is 0.639. The van der Waals surface area contributed by atoms with Crippen LogP contribution in [-0.4, -0.2) is 15.2 Å². The van der Waals surface area contributed by atoms with Gasteiger partial charge in [0.1, 0.15) is 5.69 Å². The zero-order chi connectivity index (χ0) is 9.54. The van der Waals surface area contributed by atoms with Gasteiger partial charge in [-0.25, -0.2) is 4.98 Å². The molecular formula is C10H7N3O. The predicted molar refractivity (Wildman–Crippen MR) is 51.8 cm³/mol. The van der Waals surface area contributed by atoms with Crippen molar-refractivity contribution in [1.82, 2.24) is 15.2 Å². The van der Waals surface area contributed by atoms with E-state index < -0.39 is 0 Å². The molecule has 3 rings (SSSR count). The molecule has 0 N–H and O–H groups in total. The molecule has 68 valence electrons. The molecule has 0 radical (unpaired) electrons. The Bertz CT molecular complexity index is 615. The average molecular weight is 185 g/mol. The van der Waals surface area contributed by atoms with E-state index in [1.54, 1.807) is 12.4 Å². The Kier molecular flexibility index (Phi) is 1.33. The standard InChI is InChI=1S/C10H7N3O/c1-6-9-8(5-12-13-6)7-3-2-4-11-10(7)14-9/h2-5H,1H3. The van der Waals surface area contributed by atoms with Crippen LogP contribution >= 0.6 is 0 Å². The van der Waals surface area contributed by atoms with Crippen LogP contribution in [0.4, 0.5) is 0 Å². The lowest BCUT2D eigenvalue weighted by molar-refractivity contribution is 0.646. The highest BCUT2D eigenvalue weighted by Crippen LogP contribution is 2.26. The van der Waals surface area contributed by atoms with E-state index in [0.717, 1.165) is 22.0 Å². The molecule has 3 heterocycles. The third-order valence-electron chi connectivity index (χ3n) is 2.23. The van der Waals surface area contributed by atoms with E-state index in [9.17, 15) is 0 Å². The monoisotopic (exact) mass is 185 g/mol. The second-order valence-corrected chi connectivity index (χ2v) is 3.13. The molecule has 0 aliphatic heterocycles. The van der Waals surface area contributed by atoms with Gasteiger partial charge in [-0.2, -0.15) is 10.2 Å². The van der Waals surface area contributed by atoms with E-state index in [4.69, 9.17) is 4.42 Å². The van der Waals surface area contributed by atoms with Crippen LogP contribution < -0.4 is 0 Å². The lowest BCUT2D eigenvalue weighted by Gasteiger charge is -1.89. The molecule has 0 amide bonds. The minimum absolute atomic E-state index is 0.639. The summed E-state index contributed by atoms with van der Waals surface area (Å²) in [6.07, 6.45) is 3.41. The van der Waals surface area contributed by atoms with Gasteiger partial charge in [-0.3, -0.25) is 0 Å². The van der Waals surface area contributed by atoms with Gasteiger partial charge in [-0.1, -0.05) is 0 Å². The van der Waals surface area contributed by atoms with Gasteiger partial charge in [0.2, 0.25) is 5.71 Å². The Labute approximate surface area is 79.6 Å². The molecule has 14 heavy (non-hydrogen) atoms. The molecule has 0 saturated carbocycles. The summed E-state index contributed by atoms with van der Waals surface area (Å²) in [6, 6.07) is 3.85. The molecule has 0 atom stereocenters. The van der Waals surface area contributed by atoms with Crippen molar-refractivity contribution < 1.29 is 4.42 Å². The Hall–Kier alpha value is -1.97. The highest BCUT2D eigenvalue weighted by Gasteiger charge is 2.09.